The monoisotopic (exact) mass is 282 g/mol. The summed E-state index contributed by atoms with van der Waals surface area (Å²) in [5, 5.41) is 9.43. The highest BCUT2D eigenvalue weighted by atomic mass is 16.4. The summed E-state index contributed by atoms with van der Waals surface area (Å²) in [5.74, 6) is -1.34. The van der Waals surface area contributed by atoms with Gasteiger partial charge in [0.15, 0.2) is 0 Å². The fourth-order valence-corrected chi connectivity index (χ4v) is 3.24. The highest BCUT2D eigenvalue weighted by Gasteiger charge is 2.53. The van der Waals surface area contributed by atoms with Crippen molar-refractivity contribution in [2.24, 2.45) is 0 Å². The molecule has 2 fully saturated rings. The summed E-state index contributed by atoms with van der Waals surface area (Å²) in [5.41, 5.74) is -1.04. The molecule has 2 aliphatic rings. The van der Waals surface area contributed by atoms with Crippen molar-refractivity contribution in [3.63, 3.8) is 0 Å². The minimum absolute atomic E-state index is 0.103. The first-order valence-corrected chi connectivity index (χ1v) is 7.19. The molecule has 0 spiro atoms. The zero-order valence-corrected chi connectivity index (χ0v) is 12.3. The Morgan fingerprint density at radius 2 is 2.15 bits per heavy atom. The number of carboxylic acids is 1. The number of hydrogen-bond donors (Lipinski definition) is 1. The number of amides is 2. The van der Waals surface area contributed by atoms with Crippen LogP contribution in [0.3, 0.4) is 0 Å². The number of carbonyl (C=O) groups is 3. The molecule has 2 amide bonds. The lowest BCUT2D eigenvalue weighted by atomic mass is 9.97. The molecule has 2 heterocycles. The SMILES string of the molecule is CCC(C)N1C(=O)CC(N2CCCC2(C)C(=O)O)C1=O. The highest BCUT2D eigenvalue weighted by Crippen LogP contribution is 2.35. The van der Waals surface area contributed by atoms with Crippen LogP contribution >= 0.6 is 0 Å². The van der Waals surface area contributed by atoms with Crippen molar-refractivity contribution in [1.29, 1.82) is 0 Å². The van der Waals surface area contributed by atoms with E-state index in [9.17, 15) is 19.5 Å². The van der Waals surface area contributed by atoms with Gasteiger partial charge in [-0.05, 0) is 33.1 Å². The van der Waals surface area contributed by atoms with E-state index >= 15 is 0 Å². The van der Waals surface area contributed by atoms with Gasteiger partial charge in [-0.15, -0.1) is 0 Å². The number of likely N-dealkylation sites (tertiary alicyclic amines) is 2. The third kappa shape index (κ3) is 2.12. The molecule has 0 aromatic heterocycles. The fourth-order valence-electron chi connectivity index (χ4n) is 3.24. The molecule has 0 aromatic carbocycles. The normalized spacial score (nSPS) is 33.0. The predicted octanol–water partition coefficient (Wildman–Crippen LogP) is 0.852. The van der Waals surface area contributed by atoms with E-state index in [1.807, 2.05) is 13.8 Å². The third-order valence-electron chi connectivity index (χ3n) is 4.72. The molecule has 1 N–H and O–H groups in total. The van der Waals surface area contributed by atoms with Crippen LogP contribution in [0.4, 0.5) is 0 Å². The van der Waals surface area contributed by atoms with Crippen molar-refractivity contribution in [3.05, 3.63) is 0 Å². The van der Waals surface area contributed by atoms with Gasteiger partial charge < -0.3 is 5.11 Å². The average Bonchev–Trinajstić information content (AvgIpc) is 2.90. The molecule has 2 rings (SSSR count). The van der Waals surface area contributed by atoms with Gasteiger partial charge >= 0.3 is 5.97 Å². The second kappa shape index (κ2) is 5.16. The molecule has 0 aliphatic carbocycles. The first kappa shape index (κ1) is 15.0. The standard InChI is InChI=1S/C14H22N2O4/c1-4-9(2)16-11(17)8-10(12(16)18)15-7-5-6-14(15,3)13(19)20/h9-10H,4-8H2,1-3H3,(H,19,20). The largest absolute Gasteiger partial charge is 0.480 e. The van der Waals surface area contributed by atoms with Crippen molar-refractivity contribution < 1.29 is 19.5 Å². The smallest absolute Gasteiger partial charge is 0.323 e. The summed E-state index contributed by atoms with van der Waals surface area (Å²) in [6.45, 7) is 5.97. The number of carbonyl (C=O) groups excluding carboxylic acids is 2. The predicted molar refractivity (Wildman–Crippen MR) is 72.0 cm³/mol. The van der Waals surface area contributed by atoms with Crippen LogP contribution in [0.1, 0.15) is 46.5 Å². The van der Waals surface area contributed by atoms with Crippen LogP contribution in [0.25, 0.3) is 0 Å². The summed E-state index contributed by atoms with van der Waals surface area (Å²) in [6, 6.07) is -0.737. The van der Waals surface area contributed by atoms with E-state index < -0.39 is 17.6 Å². The molecule has 2 saturated heterocycles. The van der Waals surface area contributed by atoms with Crippen LogP contribution in [-0.4, -0.2) is 56.9 Å². The molecule has 0 radical (unpaired) electrons. The second-order valence-corrected chi connectivity index (χ2v) is 5.96. The molecule has 6 nitrogen and oxygen atoms in total. The molecular formula is C14H22N2O4. The van der Waals surface area contributed by atoms with Crippen LogP contribution in [0.15, 0.2) is 0 Å². The first-order valence-electron chi connectivity index (χ1n) is 7.19. The van der Waals surface area contributed by atoms with Crippen LogP contribution in [-0.2, 0) is 14.4 Å². The molecule has 20 heavy (non-hydrogen) atoms. The van der Waals surface area contributed by atoms with Crippen LogP contribution in [0.2, 0.25) is 0 Å². The van der Waals surface area contributed by atoms with E-state index in [1.165, 1.54) is 4.90 Å². The van der Waals surface area contributed by atoms with Crippen LogP contribution in [0, 0.1) is 0 Å². The number of nitrogens with zero attached hydrogens (tertiary/aromatic N) is 2. The highest BCUT2D eigenvalue weighted by molar-refractivity contribution is 6.06. The summed E-state index contributed by atoms with van der Waals surface area (Å²) in [6.07, 6.45) is 2.07. The molecule has 0 saturated carbocycles. The molecule has 2 aliphatic heterocycles. The lowest BCUT2D eigenvalue weighted by Crippen LogP contribution is -2.55. The molecule has 6 heteroatoms. The number of hydrogen-bond acceptors (Lipinski definition) is 4. The van der Waals surface area contributed by atoms with Gasteiger partial charge in [0.25, 0.3) is 0 Å². The zero-order valence-electron chi connectivity index (χ0n) is 12.3. The average molecular weight is 282 g/mol. The van der Waals surface area contributed by atoms with E-state index in [4.69, 9.17) is 0 Å². The third-order valence-corrected chi connectivity index (χ3v) is 4.72. The Labute approximate surface area is 118 Å². The minimum Gasteiger partial charge on any atom is -0.480 e. The zero-order chi connectivity index (χ0) is 15.1. The maximum atomic E-state index is 12.5. The van der Waals surface area contributed by atoms with Gasteiger partial charge in [-0.25, -0.2) is 0 Å². The Kier molecular flexibility index (Phi) is 3.86. The Balaban J connectivity index is 2.25. The maximum Gasteiger partial charge on any atom is 0.323 e. The van der Waals surface area contributed by atoms with Gasteiger partial charge in [-0.3, -0.25) is 24.2 Å². The number of imide groups is 1. The summed E-state index contributed by atoms with van der Waals surface area (Å²) < 4.78 is 0. The van der Waals surface area contributed by atoms with E-state index in [1.54, 1.807) is 11.8 Å². The number of rotatable bonds is 4. The summed E-state index contributed by atoms with van der Waals surface area (Å²) in [4.78, 5) is 39.1. The van der Waals surface area contributed by atoms with Crippen molar-refractivity contribution in [1.82, 2.24) is 9.80 Å². The second-order valence-electron chi connectivity index (χ2n) is 5.96. The van der Waals surface area contributed by atoms with Gasteiger partial charge in [0, 0.05) is 12.6 Å². The minimum atomic E-state index is -1.04. The van der Waals surface area contributed by atoms with Crippen molar-refractivity contribution in [3.8, 4) is 0 Å². The van der Waals surface area contributed by atoms with Crippen LogP contribution in [0.5, 0.6) is 0 Å². The quantitative estimate of drug-likeness (QED) is 0.773. The number of aliphatic carboxylic acids is 1. The van der Waals surface area contributed by atoms with Gasteiger partial charge in [-0.2, -0.15) is 0 Å². The Hall–Kier alpha value is -1.43. The van der Waals surface area contributed by atoms with Gasteiger partial charge in [0.1, 0.15) is 5.54 Å². The molecule has 112 valence electrons. The van der Waals surface area contributed by atoms with Gasteiger partial charge in [0.2, 0.25) is 11.8 Å². The lowest BCUT2D eigenvalue weighted by Gasteiger charge is -2.34. The van der Waals surface area contributed by atoms with E-state index in [-0.39, 0.29) is 24.3 Å². The van der Waals surface area contributed by atoms with E-state index in [0.29, 0.717) is 19.4 Å². The summed E-state index contributed by atoms with van der Waals surface area (Å²) in [7, 11) is 0. The maximum absolute atomic E-state index is 12.5. The lowest BCUT2D eigenvalue weighted by molar-refractivity contribution is -0.151. The fraction of sp³-hybridized carbons (Fsp3) is 0.786. The Bertz CT molecular complexity index is 450. The van der Waals surface area contributed by atoms with Crippen molar-refractivity contribution in [2.75, 3.05) is 6.54 Å². The molecular weight excluding hydrogens is 260 g/mol. The molecule has 0 aromatic rings. The molecule has 0 bridgehead atoms. The Morgan fingerprint density at radius 1 is 1.50 bits per heavy atom. The van der Waals surface area contributed by atoms with Crippen molar-refractivity contribution >= 4 is 17.8 Å². The van der Waals surface area contributed by atoms with E-state index in [2.05, 4.69) is 0 Å². The first-order chi connectivity index (χ1) is 9.32. The Morgan fingerprint density at radius 3 is 2.70 bits per heavy atom. The topological polar surface area (TPSA) is 77.9 Å². The van der Waals surface area contributed by atoms with Gasteiger partial charge in [0.05, 0.1) is 12.5 Å². The van der Waals surface area contributed by atoms with Crippen LogP contribution < -0.4 is 0 Å². The number of carboxylic acid groups (broad SMARTS) is 1. The van der Waals surface area contributed by atoms with Crippen molar-refractivity contribution in [2.45, 2.75) is 64.1 Å². The molecule has 3 unspecified atom stereocenters. The van der Waals surface area contributed by atoms with Gasteiger partial charge in [-0.1, -0.05) is 6.92 Å². The summed E-state index contributed by atoms with van der Waals surface area (Å²) >= 11 is 0. The molecule has 3 atom stereocenters. The van der Waals surface area contributed by atoms with E-state index in [0.717, 1.165) is 6.42 Å².